The Kier molecular flexibility index (Phi) is 10.5. The molecule has 0 saturated carbocycles. The van der Waals surface area contributed by atoms with Crippen molar-refractivity contribution in [3.63, 3.8) is 0 Å². The van der Waals surface area contributed by atoms with E-state index in [1.165, 1.54) is 4.90 Å². The van der Waals surface area contributed by atoms with Gasteiger partial charge in [-0.1, -0.05) is 80.9 Å². The lowest BCUT2D eigenvalue weighted by molar-refractivity contribution is -0.140. The van der Waals surface area contributed by atoms with Gasteiger partial charge in [0.15, 0.2) is 0 Å². The summed E-state index contributed by atoms with van der Waals surface area (Å²) in [6.45, 7) is 11.3. The van der Waals surface area contributed by atoms with Crippen LogP contribution in [-0.4, -0.2) is 43.8 Å². The highest BCUT2D eigenvalue weighted by molar-refractivity contribution is 7.92. The zero-order chi connectivity index (χ0) is 29.4. The Labute approximate surface area is 239 Å². The number of carbonyl (C=O) groups is 2. The molecular weight excluding hydrogens is 522 g/mol. The molecule has 0 spiro atoms. The van der Waals surface area contributed by atoms with Gasteiger partial charge in [0.1, 0.15) is 12.6 Å². The van der Waals surface area contributed by atoms with Crippen LogP contribution in [0.4, 0.5) is 5.69 Å². The molecule has 0 aliphatic carbocycles. The molecule has 7 nitrogen and oxygen atoms in total. The fourth-order valence-electron chi connectivity index (χ4n) is 4.47. The minimum absolute atomic E-state index is 0.0954. The zero-order valence-electron chi connectivity index (χ0n) is 24.3. The lowest BCUT2D eigenvalue weighted by atomic mass is 10.0. The summed E-state index contributed by atoms with van der Waals surface area (Å²) in [6, 6.07) is 22.4. The van der Waals surface area contributed by atoms with Gasteiger partial charge in [-0.25, -0.2) is 8.42 Å². The Morgan fingerprint density at radius 3 is 1.98 bits per heavy atom. The second-order valence-corrected chi connectivity index (χ2v) is 12.5. The van der Waals surface area contributed by atoms with Gasteiger partial charge in [0.25, 0.3) is 10.0 Å². The highest BCUT2D eigenvalue weighted by Crippen LogP contribution is 2.27. The third kappa shape index (κ3) is 7.72. The largest absolute Gasteiger partial charge is 0.352 e. The van der Waals surface area contributed by atoms with Crippen LogP contribution in [0, 0.1) is 6.92 Å². The molecular formula is C32H41N3O4S. The molecule has 2 amide bonds. The standard InChI is InChI=1S/C32H41N3O4S/c1-7-30(32(37)33-24(4)5)34(21-26-11-9-8-10-12-26)31(36)22-35(28-17-15-27(16-18-28)23(2)3)40(38,39)29-19-13-25(6)14-20-29/h8-20,23-24,30H,7,21-22H2,1-6H3,(H,33,37)/t30-/m1/s1. The summed E-state index contributed by atoms with van der Waals surface area (Å²) in [7, 11) is -4.09. The van der Waals surface area contributed by atoms with Crippen LogP contribution in [0.5, 0.6) is 0 Å². The van der Waals surface area contributed by atoms with Gasteiger partial charge in [-0.05, 0) is 68.5 Å². The van der Waals surface area contributed by atoms with E-state index in [-0.39, 0.29) is 29.3 Å². The molecule has 1 atom stereocenters. The molecule has 0 fully saturated rings. The van der Waals surface area contributed by atoms with Crippen molar-refractivity contribution < 1.29 is 18.0 Å². The van der Waals surface area contributed by atoms with Gasteiger partial charge in [0.2, 0.25) is 11.8 Å². The van der Waals surface area contributed by atoms with Gasteiger partial charge in [-0.15, -0.1) is 0 Å². The summed E-state index contributed by atoms with van der Waals surface area (Å²) in [5.41, 5.74) is 3.22. The molecule has 3 aromatic rings. The first-order chi connectivity index (χ1) is 18.9. The van der Waals surface area contributed by atoms with Crippen LogP contribution in [0.15, 0.2) is 83.8 Å². The Morgan fingerprint density at radius 2 is 1.45 bits per heavy atom. The molecule has 0 aliphatic heterocycles. The average molecular weight is 564 g/mol. The molecule has 0 unspecified atom stereocenters. The molecule has 1 N–H and O–H groups in total. The van der Waals surface area contributed by atoms with Crippen molar-refractivity contribution in [2.24, 2.45) is 0 Å². The van der Waals surface area contributed by atoms with E-state index in [9.17, 15) is 18.0 Å². The van der Waals surface area contributed by atoms with E-state index in [1.807, 2.05) is 70.2 Å². The van der Waals surface area contributed by atoms with E-state index in [0.29, 0.717) is 12.1 Å². The topological polar surface area (TPSA) is 86.8 Å². The van der Waals surface area contributed by atoms with Crippen LogP contribution in [-0.2, 0) is 26.2 Å². The maximum absolute atomic E-state index is 14.1. The summed E-state index contributed by atoms with van der Waals surface area (Å²) in [5, 5.41) is 2.91. The van der Waals surface area contributed by atoms with Crippen LogP contribution < -0.4 is 9.62 Å². The van der Waals surface area contributed by atoms with E-state index >= 15 is 0 Å². The predicted octanol–water partition coefficient (Wildman–Crippen LogP) is 5.65. The zero-order valence-corrected chi connectivity index (χ0v) is 25.1. The number of carbonyl (C=O) groups excluding carboxylic acids is 2. The third-order valence-electron chi connectivity index (χ3n) is 6.75. The number of amides is 2. The van der Waals surface area contributed by atoms with Crippen molar-refractivity contribution >= 4 is 27.5 Å². The Balaban J connectivity index is 2.06. The molecule has 0 bridgehead atoms. The number of nitrogens with zero attached hydrogens (tertiary/aromatic N) is 2. The highest BCUT2D eigenvalue weighted by atomic mass is 32.2. The van der Waals surface area contributed by atoms with Crippen molar-refractivity contribution in [1.29, 1.82) is 0 Å². The molecule has 0 saturated heterocycles. The molecule has 3 rings (SSSR count). The van der Waals surface area contributed by atoms with Crippen LogP contribution in [0.25, 0.3) is 0 Å². The van der Waals surface area contributed by atoms with Gasteiger partial charge >= 0.3 is 0 Å². The van der Waals surface area contributed by atoms with Gasteiger partial charge < -0.3 is 10.2 Å². The summed E-state index contributed by atoms with van der Waals surface area (Å²) in [6.07, 6.45) is 0.380. The third-order valence-corrected chi connectivity index (χ3v) is 8.54. The van der Waals surface area contributed by atoms with Crippen molar-refractivity contribution in [2.75, 3.05) is 10.8 Å². The van der Waals surface area contributed by atoms with Gasteiger partial charge in [0.05, 0.1) is 10.6 Å². The maximum Gasteiger partial charge on any atom is 0.264 e. The molecule has 0 aromatic heterocycles. The maximum atomic E-state index is 14.1. The number of benzene rings is 3. The number of rotatable bonds is 12. The number of hydrogen-bond donors (Lipinski definition) is 1. The predicted molar refractivity (Wildman–Crippen MR) is 161 cm³/mol. The highest BCUT2D eigenvalue weighted by Gasteiger charge is 2.33. The van der Waals surface area contributed by atoms with Crippen LogP contribution >= 0.6 is 0 Å². The van der Waals surface area contributed by atoms with E-state index in [2.05, 4.69) is 19.2 Å². The Hall–Kier alpha value is -3.65. The number of aryl methyl sites for hydroxylation is 1. The first-order valence-corrected chi connectivity index (χ1v) is 15.2. The average Bonchev–Trinajstić information content (AvgIpc) is 2.92. The fourth-order valence-corrected chi connectivity index (χ4v) is 5.89. The summed E-state index contributed by atoms with van der Waals surface area (Å²) >= 11 is 0. The first kappa shape index (κ1) is 30.9. The van der Waals surface area contributed by atoms with Crippen molar-refractivity contribution in [1.82, 2.24) is 10.2 Å². The van der Waals surface area contributed by atoms with Gasteiger partial charge in [-0.3, -0.25) is 13.9 Å². The lowest BCUT2D eigenvalue weighted by Gasteiger charge is -2.33. The SMILES string of the molecule is CC[C@H](C(=O)NC(C)C)N(Cc1ccccc1)C(=O)CN(c1ccc(C(C)C)cc1)S(=O)(=O)c1ccc(C)cc1. The second kappa shape index (κ2) is 13.6. The number of hydrogen-bond acceptors (Lipinski definition) is 4. The molecule has 0 radical (unpaired) electrons. The van der Waals surface area contributed by atoms with E-state index in [4.69, 9.17) is 0 Å². The van der Waals surface area contributed by atoms with Gasteiger partial charge in [0, 0.05) is 12.6 Å². The smallest absolute Gasteiger partial charge is 0.264 e. The Bertz CT molecular complexity index is 1370. The van der Waals surface area contributed by atoms with E-state index in [0.717, 1.165) is 21.0 Å². The van der Waals surface area contributed by atoms with Gasteiger partial charge in [-0.2, -0.15) is 0 Å². The molecule has 0 aliphatic rings. The Morgan fingerprint density at radius 1 is 0.850 bits per heavy atom. The lowest BCUT2D eigenvalue weighted by Crippen LogP contribution is -2.53. The van der Waals surface area contributed by atoms with E-state index < -0.39 is 28.5 Å². The fraction of sp³-hybridized carbons (Fsp3) is 0.375. The van der Waals surface area contributed by atoms with Crippen molar-refractivity contribution in [3.8, 4) is 0 Å². The van der Waals surface area contributed by atoms with Crippen molar-refractivity contribution in [2.45, 2.75) is 77.4 Å². The minimum Gasteiger partial charge on any atom is -0.352 e. The quantitative estimate of drug-likeness (QED) is 0.309. The monoisotopic (exact) mass is 563 g/mol. The molecule has 0 heterocycles. The second-order valence-electron chi connectivity index (χ2n) is 10.7. The molecule has 3 aromatic carbocycles. The van der Waals surface area contributed by atoms with Crippen LogP contribution in [0.2, 0.25) is 0 Å². The van der Waals surface area contributed by atoms with Crippen LogP contribution in [0.1, 0.15) is 63.6 Å². The van der Waals surface area contributed by atoms with Crippen molar-refractivity contribution in [3.05, 3.63) is 95.6 Å². The number of anilines is 1. The van der Waals surface area contributed by atoms with Crippen LogP contribution in [0.3, 0.4) is 0 Å². The summed E-state index contributed by atoms with van der Waals surface area (Å²) < 4.78 is 29.1. The molecule has 8 heteroatoms. The minimum atomic E-state index is -4.09. The summed E-state index contributed by atoms with van der Waals surface area (Å²) in [5.74, 6) is -0.460. The number of nitrogens with one attached hydrogen (secondary N) is 1. The van der Waals surface area contributed by atoms with E-state index in [1.54, 1.807) is 36.4 Å². The molecule has 40 heavy (non-hydrogen) atoms. The normalized spacial score (nSPS) is 12.3. The number of sulfonamides is 1. The molecule has 214 valence electrons. The first-order valence-electron chi connectivity index (χ1n) is 13.8. The summed E-state index contributed by atoms with van der Waals surface area (Å²) in [4.78, 5) is 28.8.